The highest BCUT2D eigenvalue weighted by molar-refractivity contribution is 5.93. The summed E-state index contributed by atoms with van der Waals surface area (Å²) in [5.74, 6) is -2.89. The predicted octanol–water partition coefficient (Wildman–Crippen LogP) is 0.718. The third kappa shape index (κ3) is 2.01. The molecule has 1 rings (SSSR count). The van der Waals surface area contributed by atoms with Crippen LogP contribution in [0, 0.1) is 0 Å². The van der Waals surface area contributed by atoms with Crippen molar-refractivity contribution in [2.45, 2.75) is 6.42 Å². The van der Waals surface area contributed by atoms with Crippen molar-refractivity contribution in [3.05, 3.63) is 29.3 Å². The third-order valence-corrected chi connectivity index (χ3v) is 1.68. The van der Waals surface area contributed by atoms with Crippen LogP contribution in [0.5, 0.6) is 5.75 Å². The van der Waals surface area contributed by atoms with Crippen LogP contribution in [0.3, 0.4) is 0 Å². The molecule has 0 aliphatic rings. The number of carboxylic acid groups (broad SMARTS) is 2. The molecule has 1 aromatic rings. The molecule has 0 aliphatic heterocycles. The van der Waals surface area contributed by atoms with Crippen LogP contribution in [-0.2, 0) is 11.2 Å². The van der Waals surface area contributed by atoms with Gasteiger partial charge in [0.15, 0.2) is 0 Å². The van der Waals surface area contributed by atoms with Crippen LogP contribution in [0.25, 0.3) is 0 Å². The number of hydrogen-bond acceptors (Lipinski definition) is 3. The second kappa shape index (κ2) is 3.78. The molecule has 0 aliphatic carbocycles. The van der Waals surface area contributed by atoms with Crippen molar-refractivity contribution < 1.29 is 24.9 Å². The van der Waals surface area contributed by atoms with Crippen molar-refractivity contribution in [1.82, 2.24) is 0 Å². The van der Waals surface area contributed by atoms with Crippen LogP contribution < -0.4 is 0 Å². The Kier molecular flexibility index (Phi) is 2.71. The highest BCUT2D eigenvalue weighted by Gasteiger charge is 2.16. The van der Waals surface area contributed by atoms with Gasteiger partial charge in [0, 0.05) is 0 Å². The van der Waals surface area contributed by atoms with Gasteiger partial charge in [-0.05, 0) is 11.6 Å². The third-order valence-electron chi connectivity index (χ3n) is 1.68. The number of aliphatic carboxylic acids is 1. The normalized spacial score (nSPS) is 9.71. The van der Waals surface area contributed by atoms with Gasteiger partial charge in [-0.3, -0.25) is 4.79 Å². The molecule has 0 radical (unpaired) electrons. The van der Waals surface area contributed by atoms with Gasteiger partial charge in [-0.15, -0.1) is 0 Å². The molecule has 0 aromatic heterocycles. The molecule has 0 bridgehead atoms. The van der Waals surface area contributed by atoms with Gasteiger partial charge in [0.05, 0.1) is 6.42 Å². The molecular formula is C9H8O5. The minimum Gasteiger partial charge on any atom is -0.507 e. The van der Waals surface area contributed by atoms with Gasteiger partial charge >= 0.3 is 11.9 Å². The summed E-state index contributed by atoms with van der Waals surface area (Å²) in [4.78, 5) is 21.1. The number of aromatic hydroxyl groups is 1. The second-order valence-corrected chi connectivity index (χ2v) is 2.69. The summed E-state index contributed by atoms with van der Waals surface area (Å²) in [6.07, 6.45) is -0.421. The first-order valence-electron chi connectivity index (χ1n) is 3.78. The van der Waals surface area contributed by atoms with E-state index in [9.17, 15) is 14.7 Å². The van der Waals surface area contributed by atoms with Crippen LogP contribution in [0.1, 0.15) is 15.9 Å². The Labute approximate surface area is 79.2 Å². The molecule has 0 fully saturated rings. The summed E-state index contributed by atoms with van der Waals surface area (Å²) in [7, 11) is 0. The lowest BCUT2D eigenvalue weighted by atomic mass is 10.0. The van der Waals surface area contributed by atoms with Crippen LogP contribution >= 0.6 is 0 Å². The SMILES string of the molecule is O=C(O)Cc1cccc(O)c1C(=O)O. The fraction of sp³-hybridized carbons (Fsp3) is 0.111. The molecule has 0 amide bonds. The molecule has 0 unspecified atom stereocenters. The highest BCUT2D eigenvalue weighted by Crippen LogP contribution is 2.21. The molecule has 0 saturated heterocycles. The summed E-state index contributed by atoms with van der Waals surface area (Å²) in [5, 5.41) is 26.4. The average Bonchev–Trinajstić information content (AvgIpc) is 2.01. The standard InChI is InChI=1S/C9H8O5/c10-6-3-1-2-5(4-7(11)12)8(6)9(13)14/h1-3,10H,4H2,(H,11,12)(H,13,14). The zero-order valence-corrected chi connectivity index (χ0v) is 7.10. The van der Waals surface area contributed by atoms with E-state index in [-0.39, 0.29) is 11.1 Å². The highest BCUT2D eigenvalue weighted by atomic mass is 16.4. The monoisotopic (exact) mass is 196 g/mol. The Balaban J connectivity index is 3.21. The van der Waals surface area contributed by atoms with Crippen LogP contribution in [0.2, 0.25) is 0 Å². The lowest BCUT2D eigenvalue weighted by molar-refractivity contribution is -0.136. The van der Waals surface area contributed by atoms with Gasteiger partial charge in [0.25, 0.3) is 0 Å². The van der Waals surface area contributed by atoms with Gasteiger partial charge in [-0.2, -0.15) is 0 Å². The molecule has 74 valence electrons. The van der Waals surface area contributed by atoms with Crippen molar-refractivity contribution in [2.75, 3.05) is 0 Å². The molecule has 0 atom stereocenters. The predicted molar refractivity (Wildman–Crippen MR) is 46.4 cm³/mol. The topological polar surface area (TPSA) is 94.8 Å². The summed E-state index contributed by atoms with van der Waals surface area (Å²) >= 11 is 0. The van der Waals surface area contributed by atoms with E-state index in [0.29, 0.717) is 0 Å². The fourth-order valence-corrected chi connectivity index (χ4v) is 1.14. The smallest absolute Gasteiger partial charge is 0.339 e. The zero-order valence-electron chi connectivity index (χ0n) is 7.10. The number of benzene rings is 1. The number of rotatable bonds is 3. The number of hydrogen-bond donors (Lipinski definition) is 3. The van der Waals surface area contributed by atoms with E-state index in [1.54, 1.807) is 0 Å². The Morgan fingerprint density at radius 1 is 1.21 bits per heavy atom. The summed E-state index contributed by atoms with van der Waals surface area (Å²) in [6.45, 7) is 0. The Morgan fingerprint density at radius 2 is 1.86 bits per heavy atom. The molecule has 0 spiro atoms. The van der Waals surface area contributed by atoms with E-state index in [1.165, 1.54) is 18.2 Å². The maximum atomic E-state index is 10.7. The van der Waals surface area contributed by atoms with Crippen molar-refractivity contribution >= 4 is 11.9 Å². The van der Waals surface area contributed by atoms with Crippen molar-refractivity contribution in [3.63, 3.8) is 0 Å². The number of carbonyl (C=O) groups is 2. The zero-order chi connectivity index (χ0) is 10.7. The van der Waals surface area contributed by atoms with Gasteiger partial charge in [0.1, 0.15) is 11.3 Å². The minimum absolute atomic E-state index is 0.0880. The number of phenols is 1. The lowest BCUT2D eigenvalue weighted by Gasteiger charge is -2.04. The van der Waals surface area contributed by atoms with Gasteiger partial charge in [-0.25, -0.2) is 4.79 Å². The molecule has 0 saturated carbocycles. The van der Waals surface area contributed by atoms with Crippen LogP contribution in [-0.4, -0.2) is 27.3 Å². The van der Waals surface area contributed by atoms with Gasteiger partial charge in [0.2, 0.25) is 0 Å². The maximum Gasteiger partial charge on any atom is 0.339 e. The number of aromatic carboxylic acids is 1. The van der Waals surface area contributed by atoms with Crippen molar-refractivity contribution in [3.8, 4) is 5.75 Å². The second-order valence-electron chi connectivity index (χ2n) is 2.69. The van der Waals surface area contributed by atoms with Crippen molar-refractivity contribution in [1.29, 1.82) is 0 Å². The Bertz CT molecular complexity index is 383. The van der Waals surface area contributed by atoms with Crippen LogP contribution in [0.15, 0.2) is 18.2 Å². The molecule has 14 heavy (non-hydrogen) atoms. The molecule has 5 nitrogen and oxygen atoms in total. The van der Waals surface area contributed by atoms with Crippen LogP contribution in [0.4, 0.5) is 0 Å². The first kappa shape index (κ1) is 10.0. The van der Waals surface area contributed by atoms with E-state index in [1.807, 2.05) is 0 Å². The fourth-order valence-electron chi connectivity index (χ4n) is 1.14. The maximum absolute atomic E-state index is 10.7. The first-order chi connectivity index (χ1) is 6.52. The number of carboxylic acids is 2. The molecule has 3 N–H and O–H groups in total. The lowest BCUT2D eigenvalue weighted by Crippen LogP contribution is -2.07. The quantitative estimate of drug-likeness (QED) is 0.662. The van der Waals surface area contributed by atoms with Crippen molar-refractivity contribution in [2.24, 2.45) is 0 Å². The van der Waals surface area contributed by atoms with Gasteiger partial charge in [-0.1, -0.05) is 12.1 Å². The Hall–Kier alpha value is -2.04. The van der Waals surface area contributed by atoms with E-state index in [4.69, 9.17) is 10.2 Å². The van der Waals surface area contributed by atoms with E-state index < -0.39 is 24.1 Å². The largest absolute Gasteiger partial charge is 0.507 e. The molecule has 0 heterocycles. The van der Waals surface area contributed by atoms with E-state index in [2.05, 4.69) is 0 Å². The summed E-state index contributed by atoms with van der Waals surface area (Å²) in [6, 6.07) is 3.96. The summed E-state index contributed by atoms with van der Waals surface area (Å²) < 4.78 is 0. The van der Waals surface area contributed by atoms with E-state index in [0.717, 1.165) is 0 Å². The molecular weight excluding hydrogens is 188 g/mol. The average molecular weight is 196 g/mol. The molecule has 1 aromatic carbocycles. The molecule has 5 heteroatoms. The first-order valence-corrected chi connectivity index (χ1v) is 3.78. The minimum atomic E-state index is -1.33. The Morgan fingerprint density at radius 3 is 2.36 bits per heavy atom. The summed E-state index contributed by atoms with van der Waals surface area (Å²) in [5.41, 5.74) is -0.264. The van der Waals surface area contributed by atoms with Gasteiger partial charge < -0.3 is 15.3 Å². The van der Waals surface area contributed by atoms with E-state index >= 15 is 0 Å².